The molecule has 0 bridgehead atoms. The lowest BCUT2D eigenvalue weighted by molar-refractivity contribution is -0.137. The molecule has 0 aliphatic rings. The van der Waals surface area contributed by atoms with Crippen LogP contribution in [0.5, 0.6) is 0 Å². The number of hydrogen-bond donors (Lipinski definition) is 1. The Labute approximate surface area is 136 Å². The van der Waals surface area contributed by atoms with E-state index in [1.165, 1.54) is 70.6 Å². The van der Waals surface area contributed by atoms with Crippen LogP contribution in [0.3, 0.4) is 0 Å². The predicted molar refractivity (Wildman–Crippen MR) is 92.2 cm³/mol. The van der Waals surface area contributed by atoms with Crippen molar-refractivity contribution in [2.75, 3.05) is 0 Å². The monoisotopic (exact) mass is 312 g/mol. The van der Waals surface area contributed by atoms with Crippen LogP contribution in [0.4, 0.5) is 0 Å². The first-order valence-electron chi connectivity index (χ1n) is 9.34. The van der Waals surface area contributed by atoms with Gasteiger partial charge in [0.05, 0.1) is 0 Å². The van der Waals surface area contributed by atoms with Crippen LogP contribution in [0, 0.1) is 0 Å². The Bertz CT molecular complexity index is 246. The van der Waals surface area contributed by atoms with E-state index in [-0.39, 0.29) is 0 Å². The number of Topliss-reactive ketones (excluding diaryl/α,β-unsaturated/α-hetero) is 1. The quantitative estimate of drug-likeness (QED) is 0.340. The highest BCUT2D eigenvalue weighted by atomic mass is 16.4. The average molecular weight is 312 g/mol. The highest BCUT2D eigenvalue weighted by Gasteiger charge is 1.97. The Morgan fingerprint density at radius 2 is 0.818 bits per heavy atom. The van der Waals surface area contributed by atoms with Crippen LogP contribution in [-0.2, 0) is 9.59 Å². The smallest absolute Gasteiger partial charge is 0.303 e. The number of aliphatic carboxylic acids is 1. The minimum Gasteiger partial charge on any atom is -0.481 e. The number of hydrogen-bond acceptors (Lipinski definition) is 2. The van der Waals surface area contributed by atoms with Gasteiger partial charge in [0, 0.05) is 12.8 Å². The summed E-state index contributed by atoms with van der Waals surface area (Å²) in [5.74, 6) is -0.347. The van der Waals surface area contributed by atoms with Gasteiger partial charge < -0.3 is 9.90 Å². The fraction of sp³-hybridized carbons (Fsp3) is 0.895. The van der Waals surface area contributed by atoms with E-state index in [1.54, 1.807) is 6.92 Å². The van der Waals surface area contributed by atoms with E-state index in [0.717, 1.165) is 25.7 Å². The van der Waals surface area contributed by atoms with Gasteiger partial charge in [-0.25, -0.2) is 0 Å². The highest BCUT2D eigenvalue weighted by molar-refractivity contribution is 5.75. The minimum absolute atomic E-state index is 0.321. The van der Waals surface area contributed by atoms with E-state index < -0.39 is 5.97 Å². The molecule has 0 aromatic rings. The van der Waals surface area contributed by atoms with Crippen molar-refractivity contribution in [1.82, 2.24) is 0 Å². The number of carbonyl (C=O) groups excluding carboxylic acids is 1. The summed E-state index contributed by atoms with van der Waals surface area (Å²) in [5, 5.41) is 8.53. The lowest BCUT2D eigenvalue weighted by Gasteiger charge is -2.03. The Hall–Kier alpha value is -0.860. The standard InChI is InChI=1S/C19H36O3/c1-18(20)16-14-12-10-8-6-4-2-3-5-7-9-11-13-15-17-19(21)22/h2-17H2,1H3,(H,21,22). The molecule has 130 valence electrons. The summed E-state index contributed by atoms with van der Waals surface area (Å²) < 4.78 is 0. The van der Waals surface area contributed by atoms with Crippen molar-refractivity contribution >= 4 is 11.8 Å². The Morgan fingerprint density at radius 1 is 0.545 bits per heavy atom. The molecular formula is C19H36O3. The molecule has 0 heterocycles. The number of unbranched alkanes of at least 4 members (excludes halogenated alkanes) is 13. The number of carboxylic acids is 1. The lowest BCUT2D eigenvalue weighted by atomic mass is 10.0. The molecule has 0 rings (SSSR count). The van der Waals surface area contributed by atoms with Crippen LogP contribution in [-0.4, -0.2) is 16.9 Å². The Balaban J connectivity index is 2.99. The molecule has 0 atom stereocenters. The molecule has 0 aromatic carbocycles. The zero-order valence-electron chi connectivity index (χ0n) is 14.6. The summed E-state index contributed by atoms with van der Waals surface area (Å²) in [5.41, 5.74) is 0. The van der Waals surface area contributed by atoms with Gasteiger partial charge in [-0.1, -0.05) is 77.0 Å². The first-order chi connectivity index (χ1) is 10.6. The van der Waals surface area contributed by atoms with Crippen molar-refractivity contribution in [1.29, 1.82) is 0 Å². The van der Waals surface area contributed by atoms with Crippen molar-refractivity contribution in [2.24, 2.45) is 0 Å². The fourth-order valence-corrected chi connectivity index (χ4v) is 2.77. The van der Waals surface area contributed by atoms with Crippen molar-refractivity contribution in [3.05, 3.63) is 0 Å². The minimum atomic E-state index is -0.668. The van der Waals surface area contributed by atoms with Gasteiger partial charge in [0.1, 0.15) is 5.78 Å². The second-order valence-corrected chi connectivity index (χ2v) is 6.55. The molecule has 0 aliphatic heterocycles. The molecule has 0 unspecified atom stereocenters. The summed E-state index contributed by atoms with van der Waals surface area (Å²) in [6.45, 7) is 1.68. The summed E-state index contributed by atoms with van der Waals surface area (Å²) in [6.07, 6.45) is 18.3. The van der Waals surface area contributed by atoms with Crippen molar-refractivity contribution in [2.45, 2.75) is 110 Å². The molecule has 0 saturated heterocycles. The third kappa shape index (κ3) is 19.1. The Morgan fingerprint density at radius 3 is 1.09 bits per heavy atom. The van der Waals surface area contributed by atoms with Crippen LogP contribution in [0.15, 0.2) is 0 Å². The van der Waals surface area contributed by atoms with Crippen LogP contribution in [0.2, 0.25) is 0 Å². The fourth-order valence-electron chi connectivity index (χ4n) is 2.77. The lowest BCUT2D eigenvalue weighted by Crippen LogP contribution is -1.93. The molecule has 0 fully saturated rings. The van der Waals surface area contributed by atoms with Crippen molar-refractivity contribution in [3.63, 3.8) is 0 Å². The predicted octanol–water partition coefficient (Wildman–Crippen LogP) is 5.90. The maximum atomic E-state index is 10.8. The molecule has 0 saturated carbocycles. The SMILES string of the molecule is CC(=O)CCCCCCCCCCCCCCCCC(=O)O. The normalized spacial score (nSPS) is 10.8. The van der Waals surface area contributed by atoms with E-state index in [2.05, 4.69) is 0 Å². The van der Waals surface area contributed by atoms with Gasteiger partial charge >= 0.3 is 5.97 Å². The molecule has 1 N–H and O–H groups in total. The van der Waals surface area contributed by atoms with E-state index in [0.29, 0.717) is 12.2 Å². The number of ketones is 1. The maximum Gasteiger partial charge on any atom is 0.303 e. The number of rotatable bonds is 17. The molecule has 22 heavy (non-hydrogen) atoms. The van der Waals surface area contributed by atoms with Gasteiger partial charge in [0.25, 0.3) is 0 Å². The maximum absolute atomic E-state index is 10.8. The van der Waals surface area contributed by atoms with Crippen molar-refractivity contribution in [3.8, 4) is 0 Å². The summed E-state index contributed by atoms with van der Waals surface area (Å²) >= 11 is 0. The van der Waals surface area contributed by atoms with E-state index in [1.807, 2.05) is 0 Å². The summed E-state index contributed by atoms with van der Waals surface area (Å²) in [6, 6.07) is 0. The first kappa shape index (κ1) is 21.1. The van der Waals surface area contributed by atoms with Crippen molar-refractivity contribution < 1.29 is 14.7 Å². The van der Waals surface area contributed by atoms with Gasteiger partial charge in [0.2, 0.25) is 0 Å². The van der Waals surface area contributed by atoms with Crippen LogP contribution >= 0.6 is 0 Å². The first-order valence-corrected chi connectivity index (χ1v) is 9.34. The van der Waals surface area contributed by atoms with E-state index in [9.17, 15) is 9.59 Å². The molecule has 3 heteroatoms. The number of carboxylic acid groups (broad SMARTS) is 1. The average Bonchev–Trinajstić information content (AvgIpc) is 2.46. The van der Waals surface area contributed by atoms with Crippen LogP contribution in [0.1, 0.15) is 110 Å². The summed E-state index contributed by atoms with van der Waals surface area (Å²) in [4.78, 5) is 21.1. The molecule has 0 aromatic heterocycles. The molecular weight excluding hydrogens is 276 g/mol. The molecule has 3 nitrogen and oxygen atoms in total. The van der Waals surface area contributed by atoms with Gasteiger partial charge in [0.15, 0.2) is 0 Å². The molecule has 0 spiro atoms. The second kappa shape index (κ2) is 16.5. The van der Waals surface area contributed by atoms with Crippen LogP contribution in [0.25, 0.3) is 0 Å². The third-order valence-electron chi connectivity index (χ3n) is 4.17. The van der Waals surface area contributed by atoms with E-state index in [4.69, 9.17) is 5.11 Å². The topological polar surface area (TPSA) is 54.4 Å². The molecule has 0 amide bonds. The third-order valence-corrected chi connectivity index (χ3v) is 4.17. The van der Waals surface area contributed by atoms with Gasteiger partial charge in [-0.2, -0.15) is 0 Å². The zero-order chi connectivity index (χ0) is 16.5. The second-order valence-electron chi connectivity index (χ2n) is 6.55. The Kier molecular flexibility index (Phi) is 15.9. The van der Waals surface area contributed by atoms with Crippen LogP contribution < -0.4 is 0 Å². The summed E-state index contributed by atoms with van der Waals surface area (Å²) in [7, 11) is 0. The zero-order valence-corrected chi connectivity index (χ0v) is 14.6. The highest BCUT2D eigenvalue weighted by Crippen LogP contribution is 2.13. The molecule has 0 radical (unpaired) electrons. The van der Waals surface area contributed by atoms with Gasteiger partial charge in [-0.15, -0.1) is 0 Å². The number of carbonyl (C=O) groups is 2. The van der Waals surface area contributed by atoms with E-state index >= 15 is 0 Å². The van der Waals surface area contributed by atoms with Gasteiger partial charge in [-0.3, -0.25) is 4.79 Å². The molecule has 0 aliphatic carbocycles. The van der Waals surface area contributed by atoms with Gasteiger partial charge in [-0.05, 0) is 19.8 Å². The largest absolute Gasteiger partial charge is 0.481 e.